The fourth-order valence-electron chi connectivity index (χ4n) is 4.59. The number of alkyl halides is 3. The van der Waals surface area contributed by atoms with Gasteiger partial charge in [0, 0.05) is 19.3 Å². The molecule has 0 bridgehead atoms. The summed E-state index contributed by atoms with van der Waals surface area (Å²) in [6, 6.07) is 3.99. The van der Waals surface area contributed by atoms with Crippen LogP contribution < -0.4 is 5.32 Å². The molecule has 3 aromatic heterocycles. The SMILES string of the molecule is Cc1cc(NC(=O)c2cnn(-c3ccc(C(F)(F)F)cn3)c2C)cnc1C1=CCC(N(C)C(=O)OC(C)(C)C)CC1. The van der Waals surface area contributed by atoms with Gasteiger partial charge in [-0.1, -0.05) is 6.08 Å². The Morgan fingerprint density at radius 3 is 2.39 bits per heavy atom. The lowest BCUT2D eigenvalue weighted by atomic mass is 9.91. The number of pyridine rings is 2. The van der Waals surface area contributed by atoms with E-state index in [0.717, 1.165) is 41.9 Å². The van der Waals surface area contributed by atoms with Crippen LogP contribution in [0.25, 0.3) is 11.4 Å². The van der Waals surface area contributed by atoms with Crippen LogP contribution >= 0.6 is 0 Å². The quantitative estimate of drug-likeness (QED) is 0.383. The largest absolute Gasteiger partial charge is 0.444 e. The van der Waals surface area contributed by atoms with Crippen LogP contribution in [0.1, 0.15) is 72.9 Å². The van der Waals surface area contributed by atoms with Gasteiger partial charge in [-0.3, -0.25) is 9.78 Å². The molecule has 1 aliphatic carbocycles. The Morgan fingerprint density at radius 1 is 1.10 bits per heavy atom. The van der Waals surface area contributed by atoms with E-state index in [-0.39, 0.29) is 23.5 Å². The zero-order valence-corrected chi connectivity index (χ0v) is 23.8. The van der Waals surface area contributed by atoms with Gasteiger partial charge in [-0.15, -0.1) is 0 Å². The molecule has 2 amide bonds. The molecule has 0 radical (unpaired) electrons. The third-order valence-electron chi connectivity index (χ3n) is 6.80. The Balaban J connectivity index is 1.42. The predicted molar refractivity (Wildman–Crippen MR) is 148 cm³/mol. The highest BCUT2D eigenvalue weighted by Crippen LogP contribution is 2.31. The Kier molecular flexibility index (Phi) is 8.23. The zero-order chi connectivity index (χ0) is 30.1. The van der Waals surface area contributed by atoms with Gasteiger partial charge in [-0.2, -0.15) is 18.3 Å². The number of carbonyl (C=O) groups is 2. The Hall–Kier alpha value is -4.22. The van der Waals surface area contributed by atoms with Gasteiger partial charge in [0.05, 0.1) is 40.6 Å². The molecule has 0 spiro atoms. The van der Waals surface area contributed by atoms with Crippen LogP contribution in [0.2, 0.25) is 0 Å². The summed E-state index contributed by atoms with van der Waals surface area (Å²) >= 11 is 0. The molecule has 4 rings (SSSR count). The minimum atomic E-state index is -4.49. The second-order valence-corrected chi connectivity index (χ2v) is 11.1. The smallest absolute Gasteiger partial charge is 0.417 e. The summed E-state index contributed by atoms with van der Waals surface area (Å²) in [5.41, 5.74) is 2.55. The van der Waals surface area contributed by atoms with Gasteiger partial charge >= 0.3 is 12.3 Å². The van der Waals surface area contributed by atoms with Gasteiger partial charge in [-0.25, -0.2) is 14.5 Å². The van der Waals surface area contributed by atoms with Crippen molar-refractivity contribution in [2.75, 3.05) is 12.4 Å². The fraction of sp³-hybridized carbons (Fsp3) is 0.414. The third-order valence-corrected chi connectivity index (χ3v) is 6.80. The minimum absolute atomic E-state index is 0.0365. The molecule has 41 heavy (non-hydrogen) atoms. The lowest BCUT2D eigenvalue weighted by molar-refractivity contribution is -0.137. The van der Waals surface area contributed by atoms with Crippen LogP contribution in [0.4, 0.5) is 23.7 Å². The lowest BCUT2D eigenvalue weighted by Gasteiger charge is -2.32. The number of ether oxygens (including phenoxy) is 1. The van der Waals surface area contributed by atoms with Gasteiger partial charge in [0.1, 0.15) is 5.60 Å². The van der Waals surface area contributed by atoms with Crippen molar-refractivity contribution < 1.29 is 27.5 Å². The molecule has 9 nitrogen and oxygen atoms in total. The number of hydrogen-bond donors (Lipinski definition) is 1. The predicted octanol–water partition coefficient (Wildman–Crippen LogP) is 6.35. The molecule has 0 saturated carbocycles. The number of allylic oxidation sites excluding steroid dienone is 1. The summed E-state index contributed by atoms with van der Waals surface area (Å²) in [5.74, 6) is -0.267. The maximum Gasteiger partial charge on any atom is 0.417 e. The van der Waals surface area contributed by atoms with Crippen LogP contribution in [0.15, 0.2) is 42.9 Å². The van der Waals surface area contributed by atoms with Gasteiger partial charge < -0.3 is 15.0 Å². The molecule has 0 aromatic carbocycles. The first-order valence-electron chi connectivity index (χ1n) is 13.2. The highest BCUT2D eigenvalue weighted by Gasteiger charge is 2.31. The summed E-state index contributed by atoms with van der Waals surface area (Å²) in [4.78, 5) is 35.5. The Labute approximate surface area is 236 Å². The second-order valence-electron chi connectivity index (χ2n) is 11.1. The van der Waals surface area contributed by atoms with E-state index < -0.39 is 23.2 Å². The molecule has 1 N–H and O–H groups in total. The van der Waals surface area contributed by atoms with Crippen molar-refractivity contribution in [1.29, 1.82) is 0 Å². The van der Waals surface area contributed by atoms with E-state index >= 15 is 0 Å². The average Bonchev–Trinajstić information content (AvgIpc) is 3.28. The van der Waals surface area contributed by atoms with E-state index in [0.29, 0.717) is 17.8 Å². The summed E-state index contributed by atoms with van der Waals surface area (Å²) in [6.07, 6.45) is 3.11. The average molecular weight is 571 g/mol. The van der Waals surface area contributed by atoms with Gasteiger partial charge in [-0.05, 0) is 83.2 Å². The van der Waals surface area contributed by atoms with Crippen LogP contribution in [0, 0.1) is 13.8 Å². The summed E-state index contributed by atoms with van der Waals surface area (Å²) in [5, 5.41) is 6.95. The first-order valence-corrected chi connectivity index (χ1v) is 13.2. The maximum atomic E-state index is 13.0. The molecule has 218 valence electrons. The number of aryl methyl sites for hydroxylation is 1. The number of nitrogens with zero attached hydrogens (tertiary/aromatic N) is 5. The van der Waals surface area contributed by atoms with Crippen molar-refractivity contribution in [3.05, 3.63) is 70.9 Å². The van der Waals surface area contributed by atoms with Crippen LogP contribution in [-0.4, -0.2) is 55.3 Å². The highest BCUT2D eigenvalue weighted by atomic mass is 19.4. The van der Waals surface area contributed by atoms with Crippen LogP contribution in [-0.2, 0) is 10.9 Å². The fourth-order valence-corrected chi connectivity index (χ4v) is 4.59. The number of amides is 2. The topological polar surface area (TPSA) is 102 Å². The Bertz CT molecular complexity index is 1470. The van der Waals surface area contributed by atoms with Crippen molar-refractivity contribution >= 4 is 23.3 Å². The second kappa shape index (κ2) is 11.3. The monoisotopic (exact) mass is 570 g/mol. The minimum Gasteiger partial charge on any atom is -0.444 e. The molecular formula is C29H33F3N6O3. The van der Waals surface area contributed by atoms with Gasteiger partial charge in [0.2, 0.25) is 0 Å². The van der Waals surface area contributed by atoms with Crippen molar-refractivity contribution in [3.63, 3.8) is 0 Å². The third kappa shape index (κ3) is 6.93. The van der Waals surface area contributed by atoms with E-state index in [9.17, 15) is 22.8 Å². The van der Waals surface area contributed by atoms with Crippen molar-refractivity contribution in [3.8, 4) is 5.82 Å². The van der Waals surface area contributed by atoms with E-state index in [1.54, 1.807) is 25.1 Å². The standard InChI is InChI=1S/C29H33F3N6O3/c1-17-13-21(15-34-25(17)19-7-10-22(11-8-19)37(6)27(40)41-28(3,4)5)36-26(39)23-16-35-38(18(23)2)24-12-9-20(14-33-24)29(30,31)32/h7,9,12-16,22H,8,10-11H2,1-6H3,(H,36,39). The molecule has 12 heteroatoms. The molecule has 0 fully saturated rings. The van der Waals surface area contributed by atoms with Crippen LogP contribution in [0.5, 0.6) is 0 Å². The highest BCUT2D eigenvalue weighted by molar-refractivity contribution is 6.05. The Morgan fingerprint density at radius 2 is 1.83 bits per heavy atom. The van der Waals surface area contributed by atoms with E-state index in [2.05, 4.69) is 26.5 Å². The maximum absolute atomic E-state index is 13.0. The van der Waals surface area contributed by atoms with Crippen LogP contribution in [0.3, 0.4) is 0 Å². The number of rotatable bonds is 5. The zero-order valence-electron chi connectivity index (χ0n) is 23.8. The van der Waals surface area contributed by atoms with Gasteiger partial charge in [0.25, 0.3) is 5.91 Å². The lowest BCUT2D eigenvalue weighted by Crippen LogP contribution is -2.41. The molecular weight excluding hydrogens is 537 g/mol. The summed E-state index contributed by atoms with van der Waals surface area (Å²) in [7, 11) is 1.75. The summed E-state index contributed by atoms with van der Waals surface area (Å²) < 4.78 is 45.3. The molecule has 1 unspecified atom stereocenters. The normalized spacial score (nSPS) is 15.7. The first-order chi connectivity index (χ1) is 19.1. The molecule has 3 aromatic rings. The number of anilines is 1. The van der Waals surface area contributed by atoms with Gasteiger partial charge in [0.15, 0.2) is 5.82 Å². The molecule has 0 saturated heterocycles. The van der Waals surface area contributed by atoms with E-state index in [4.69, 9.17) is 4.74 Å². The number of carbonyl (C=O) groups excluding carboxylic acids is 2. The first kappa shape index (κ1) is 29.8. The van der Waals surface area contributed by atoms with Crippen molar-refractivity contribution in [2.24, 2.45) is 0 Å². The molecule has 0 aliphatic heterocycles. The summed E-state index contributed by atoms with van der Waals surface area (Å²) in [6.45, 7) is 9.07. The van der Waals surface area contributed by atoms with E-state index in [1.807, 2.05) is 33.8 Å². The number of halogens is 3. The number of aromatic nitrogens is 4. The molecule has 1 atom stereocenters. The molecule has 1 aliphatic rings. The van der Waals surface area contributed by atoms with Crippen molar-refractivity contribution in [1.82, 2.24) is 24.6 Å². The number of hydrogen-bond acceptors (Lipinski definition) is 6. The van der Waals surface area contributed by atoms with Crippen molar-refractivity contribution in [2.45, 2.75) is 71.7 Å². The number of nitrogens with one attached hydrogen (secondary N) is 1. The van der Waals surface area contributed by atoms with E-state index in [1.165, 1.54) is 16.9 Å². The molecule has 3 heterocycles.